The predicted octanol–water partition coefficient (Wildman–Crippen LogP) is 3.98. The topological polar surface area (TPSA) is 35.5 Å². The molecule has 3 nitrogen and oxygen atoms in total. The van der Waals surface area contributed by atoms with Gasteiger partial charge in [0.05, 0.1) is 18.2 Å². The fraction of sp³-hybridized carbons (Fsp3) is 0.533. The van der Waals surface area contributed by atoms with Crippen molar-refractivity contribution in [3.05, 3.63) is 22.7 Å². The Kier molecular flexibility index (Phi) is 4.35. The lowest BCUT2D eigenvalue weighted by Crippen LogP contribution is -2.06. The van der Waals surface area contributed by atoms with Crippen molar-refractivity contribution in [1.82, 2.24) is 0 Å². The predicted molar refractivity (Wildman–Crippen MR) is 75.4 cm³/mol. The number of carbonyl (C=O) groups excluding carboxylic acids is 1. The van der Waals surface area contributed by atoms with Gasteiger partial charge in [-0.15, -0.1) is 0 Å². The standard InChI is InChI=1S/C15H19ClO3/c1-4-18-13-7-11(15(17)10-6-9(10)3)12(16)8-14(13)19-5-2/h7-10H,4-6H2,1-3H3. The first-order valence-electron chi connectivity index (χ1n) is 6.71. The van der Waals surface area contributed by atoms with Crippen molar-refractivity contribution in [2.45, 2.75) is 27.2 Å². The molecule has 0 aliphatic heterocycles. The first-order valence-corrected chi connectivity index (χ1v) is 7.09. The summed E-state index contributed by atoms with van der Waals surface area (Å²) in [5, 5.41) is 0.441. The van der Waals surface area contributed by atoms with E-state index in [0.717, 1.165) is 6.42 Å². The molecule has 1 fully saturated rings. The van der Waals surface area contributed by atoms with Crippen molar-refractivity contribution in [2.75, 3.05) is 13.2 Å². The fourth-order valence-corrected chi connectivity index (χ4v) is 2.39. The lowest BCUT2D eigenvalue weighted by molar-refractivity contribution is 0.0962. The minimum atomic E-state index is 0.113. The minimum Gasteiger partial charge on any atom is -0.490 e. The lowest BCUT2D eigenvalue weighted by Gasteiger charge is -2.13. The molecule has 104 valence electrons. The largest absolute Gasteiger partial charge is 0.490 e. The van der Waals surface area contributed by atoms with E-state index in [2.05, 4.69) is 6.92 Å². The summed E-state index contributed by atoms with van der Waals surface area (Å²) >= 11 is 6.20. The SMILES string of the molecule is CCOc1cc(Cl)c(C(=O)C2CC2C)cc1OCC. The van der Waals surface area contributed by atoms with Crippen LogP contribution in [0.15, 0.2) is 12.1 Å². The maximum absolute atomic E-state index is 12.3. The maximum atomic E-state index is 12.3. The van der Waals surface area contributed by atoms with Crippen molar-refractivity contribution in [2.24, 2.45) is 11.8 Å². The van der Waals surface area contributed by atoms with Crippen molar-refractivity contribution in [1.29, 1.82) is 0 Å². The van der Waals surface area contributed by atoms with E-state index in [9.17, 15) is 4.79 Å². The van der Waals surface area contributed by atoms with E-state index < -0.39 is 0 Å². The summed E-state index contributed by atoms with van der Waals surface area (Å²) in [5.41, 5.74) is 0.544. The lowest BCUT2D eigenvalue weighted by atomic mass is 10.1. The quantitative estimate of drug-likeness (QED) is 0.741. The second kappa shape index (κ2) is 5.83. The summed E-state index contributed by atoms with van der Waals surface area (Å²) in [4.78, 5) is 12.3. The zero-order chi connectivity index (χ0) is 14.0. The van der Waals surface area contributed by atoms with Crippen LogP contribution in [0.5, 0.6) is 11.5 Å². The maximum Gasteiger partial charge on any atom is 0.167 e. The van der Waals surface area contributed by atoms with E-state index in [1.807, 2.05) is 13.8 Å². The summed E-state index contributed by atoms with van der Waals surface area (Å²) in [5.74, 6) is 1.87. The molecule has 0 aromatic heterocycles. The third kappa shape index (κ3) is 3.03. The third-order valence-electron chi connectivity index (χ3n) is 3.34. The van der Waals surface area contributed by atoms with E-state index in [1.54, 1.807) is 12.1 Å². The molecule has 0 radical (unpaired) electrons. The van der Waals surface area contributed by atoms with Crippen molar-refractivity contribution < 1.29 is 14.3 Å². The molecule has 0 amide bonds. The van der Waals surface area contributed by atoms with Gasteiger partial charge in [-0.3, -0.25) is 4.79 Å². The molecule has 0 bridgehead atoms. The number of carbonyl (C=O) groups is 1. The number of Topliss-reactive ketones (excluding diaryl/α,β-unsaturated/α-hetero) is 1. The fourth-order valence-electron chi connectivity index (χ4n) is 2.15. The van der Waals surface area contributed by atoms with E-state index in [0.29, 0.717) is 41.2 Å². The highest BCUT2D eigenvalue weighted by atomic mass is 35.5. The van der Waals surface area contributed by atoms with Gasteiger partial charge in [0.2, 0.25) is 0 Å². The summed E-state index contributed by atoms with van der Waals surface area (Å²) in [6, 6.07) is 3.39. The molecule has 1 aliphatic rings. The number of benzene rings is 1. The average molecular weight is 283 g/mol. The van der Waals surface area contributed by atoms with E-state index in [4.69, 9.17) is 21.1 Å². The molecule has 2 rings (SSSR count). The van der Waals surface area contributed by atoms with Crippen LogP contribution in [0.4, 0.5) is 0 Å². The van der Waals surface area contributed by atoms with Gasteiger partial charge in [0.15, 0.2) is 17.3 Å². The van der Waals surface area contributed by atoms with Crippen LogP contribution in [0.1, 0.15) is 37.6 Å². The second-order valence-electron chi connectivity index (χ2n) is 4.83. The second-order valence-corrected chi connectivity index (χ2v) is 5.24. The Labute approximate surface area is 118 Å². The van der Waals surface area contributed by atoms with E-state index >= 15 is 0 Å². The molecule has 2 atom stereocenters. The van der Waals surface area contributed by atoms with Gasteiger partial charge in [0, 0.05) is 17.5 Å². The van der Waals surface area contributed by atoms with Gasteiger partial charge in [-0.1, -0.05) is 18.5 Å². The van der Waals surface area contributed by atoms with Crippen LogP contribution in [0.25, 0.3) is 0 Å². The number of hydrogen-bond donors (Lipinski definition) is 0. The van der Waals surface area contributed by atoms with Gasteiger partial charge in [0.25, 0.3) is 0 Å². The Morgan fingerprint density at radius 1 is 1.26 bits per heavy atom. The Hall–Kier alpha value is -1.22. The van der Waals surface area contributed by atoms with Crippen molar-refractivity contribution in [3.63, 3.8) is 0 Å². The van der Waals surface area contributed by atoms with Gasteiger partial charge in [-0.25, -0.2) is 0 Å². The average Bonchev–Trinajstić information content (AvgIpc) is 3.09. The molecule has 0 spiro atoms. The van der Waals surface area contributed by atoms with Crippen LogP contribution in [-0.4, -0.2) is 19.0 Å². The highest BCUT2D eigenvalue weighted by molar-refractivity contribution is 6.34. The number of ether oxygens (including phenoxy) is 2. The minimum absolute atomic E-state index is 0.113. The molecule has 19 heavy (non-hydrogen) atoms. The molecule has 1 aromatic rings. The van der Waals surface area contributed by atoms with E-state index in [1.165, 1.54) is 0 Å². The molecule has 0 saturated heterocycles. The van der Waals surface area contributed by atoms with Gasteiger partial charge in [-0.2, -0.15) is 0 Å². The summed E-state index contributed by atoms with van der Waals surface area (Å²) < 4.78 is 11.0. The highest BCUT2D eigenvalue weighted by Crippen LogP contribution is 2.43. The molecule has 4 heteroatoms. The van der Waals surface area contributed by atoms with Gasteiger partial charge in [-0.05, 0) is 32.3 Å². The normalized spacial score (nSPS) is 21.1. The first-order chi connectivity index (χ1) is 9.08. The molecule has 1 saturated carbocycles. The Morgan fingerprint density at radius 2 is 1.79 bits per heavy atom. The summed E-state index contributed by atoms with van der Waals surface area (Å²) in [6.45, 7) is 6.93. The molecular formula is C15H19ClO3. The third-order valence-corrected chi connectivity index (χ3v) is 3.66. The van der Waals surface area contributed by atoms with Gasteiger partial charge in [0.1, 0.15) is 0 Å². The van der Waals surface area contributed by atoms with Crippen molar-refractivity contribution in [3.8, 4) is 11.5 Å². The van der Waals surface area contributed by atoms with Crippen LogP contribution < -0.4 is 9.47 Å². The highest BCUT2D eigenvalue weighted by Gasteiger charge is 2.40. The van der Waals surface area contributed by atoms with Crippen LogP contribution in [0, 0.1) is 11.8 Å². The zero-order valence-electron chi connectivity index (χ0n) is 11.5. The number of halogens is 1. The molecular weight excluding hydrogens is 264 g/mol. The summed E-state index contributed by atoms with van der Waals surface area (Å²) in [6.07, 6.45) is 0.951. The van der Waals surface area contributed by atoms with Crippen LogP contribution in [-0.2, 0) is 0 Å². The Bertz CT molecular complexity index is 485. The van der Waals surface area contributed by atoms with Crippen molar-refractivity contribution >= 4 is 17.4 Å². The zero-order valence-corrected chi connectivity index (χ0v) is 12.3. The van der Waals surface area contributed by atoms with Crippen LogP contribution in [0.2, 0.25) is 5.02 Å². The molecule has 1 aromatic carbocycles. The summed E-state index contributed by atoms with van der Waals surface area (Å²) in [7, 11) is 0. The Morgan fingerprint density at radius 3 is 2.26 bits per heavy atom. The molecule has 0 heterocycles. The number of ketones is 1. The Balaban J connectivity index is 2.33. The number of rotatable bonds is 6. The van der Waals surface area contributed by atoms with Crippen LogP contribution >= 0.6 is 11.6 Å². The molecule has 2 unspecified atom stereocenters. The smallest absolute Gasteiger partial charge is 0.167 e. The van der Waals surface area contributed by atoms with Crippen LogP contribution in [0.3, 0.4) is 0 Å². The monoisotopic (exact) mass is 282 g/mol. The first kappa shape index (κ1) is 14.2. The molecule has 1 aliphatic carbocycles. The van der Waals surface area contributed by atoms with Gasteiger partial charge < -0.3 is 9.47 Å². The van der Waals surface area contributed by atoms with Gasteiger partial charge >= 0.3 is 0 Å². The van der Waals surface area contributed by atoms with E-state index in [-0.39, 0.29) is 11.7 Å². The number of hydrogen-bond acceptors (Lipinski definition) is 3. The molecule has 0 N–H and O–H groups in total.